The number of amides is 1. The Morgan fingerprint density at radius 2 is 2.17 bits per heavy atom. The highest BCUT2D eigenvalue weighted by atomic mass is 35.5. The first kappa shape index (κ1) is 17.6. The Morgan fingerprint density at radius 3 is 2.92 bits per heavy atom. The minimum atomic E-state index is 0.0771. The number of nitrogens with one attached hydrogen (secondary N) is 1. The number of carbonyl (C=O) groups excluding carboxylic acids is 1. The minimum absolute atomic E-state index is 0.0771. The van der Waals surface area contributed by atoms with Crippen molar-refractivity contribution in [3.63, 3.8) is 0 Å². The van der Waals surface area contributed by atoms with E-state index in [1.165, 1.54) is 32.1 Å². The third-order valence-corrected chi connectivity index (χ3v) is 6.09. The minimum Gasteiger partial charge on any atom is -0.352 e. The zero-order valence-corrected chi connectivity index (χ0v) is 15.3. The van der Waals surface area contributed by atoms with Crippen molar-refractivity contribution in [2.45, 2.75) is 51.0 Å². The van der Waals surface area contributed by atoms with Gasteiger partial charge < -0.3 is 11.1 Å². The summed E-state index contributed by atoms with van der Waals surface area (Å²) in [6.45, 7) is 0.524. The maximum Gasteiger partial charge on any atom is 0.220 e. The molecule has 1 aliphatic carbocycles. The van der Waals surface area contributed by atoms with Crippen molar-refractivity contribution in [1.82, 2.24) is 10.3 Å². The fraction of sp³-hybridized carbons (Fsp3) is 0.556. The van der Waals surface area contributed by atoms with Crippen molar-refractivity contribution < 1.29 is 4.79 Å². The fourth-order valence-corrected chi connectivity index (χ4v) is 4.70. The molecule has 0 bridgehead atoms. The lowest BCUT2D eigenvalue weighted by molar-refractivity contribution is -0.122. The van der Waals surface area contributed by atoms with Gasteiger partial charge in [-0.3, -0.25) is 4.79 Å². The number of fused-ring (bicyclic) bond motifs is 1. The Hall–Kier alpha value is -1.17. The Kier molecular flexibility index (Phi) is 6.09. The summed E-state index contributed by atoms with van der Waals surface area (Å²) in [5.74, 6) is 0.616. The molecule has 1 saturated carbocycles. The molecule has 3 rings (SSSR count). The third-order valence-electron chi connectivity index (χ3n) is 4.78. The van der Waals surface area contributed by atoms with Gasteiger partial charge in [0.05, 0.1) is 15.2 Å². The number of carbonyl (C=O) groups is 1. The van der Waals surface area contributed by atoms with E-state index in [9.17, 15) is 4.79 Å². The van der Waals surface area contributed by atoms with Crippen LogP contribution in [0, 0.1) is 5.92 Å². The van der Waals surface area contributed by atoms with Crippen molar-refractivity contribution in [3.8, 4) is 0 Å². The summed E-state index contributed by atoms with van der Waals surface area (Å²) in [4.78, 5) is 16.9. The number of nitrogens with two attached hydrogens (primary N) is 1. The molecule has 0 saturated heterocycles. The number of hydrogen-bond acceptors (Lipinski definition) is 4. The van der Waals surface area contributed by atoms with E-state index in [0.717, 1.165) is 15.2 Å². The zero-order valence-electron chi connectivity index (χ0n) is 13.8. The molecule has 1 amide bonds. The van der Waals surface area contributed by atoms with Gasteiger partial charge in [0, 0.05) is 30.5 Å². The molecule has 0 aliphatic heterocycles. The molecule has 4 nitrogen and oxygen atoms in total. The summed E-state index contributed by atoms with van der Waals surface area (Å²) in [5.41, 5.74) is 6.83. The van der Waals surface area contributed by atoms with Crippen LogP contribution in [0.3, 0.4) is 0 Å². The molecule has 1 unspecified atom stereocenters. The second-order valence-corrected chi connectivity index (χ2v) is 8.08. The van der Waals surface area contributed by atoms with Crippen LogP contribution in [0.25, 0.3) is 10.2 Å². The Morgan fingerprint density at radius 1 is 1.38 bits per heavy atom. The highest BCUT2D eigenvalue weighted by Gasteiger charge is 2.23. The van der Waals surface area contributed by atoms with Crippen molar-refractivity contribution in [3.05, 3.63) is 28.2 Å². The molecule has 6 heteroatoms. The number of aromatic nitrogens is 1. The van der Waals surface area contributed by atoms with E-state index in [0.29, 0.717) is 30.3 Å². The molecular weight excluding hydrogens is 342 g/mol. The van der Waals surface area contributed by atoms with E-state index in [1.807, 2.05) is 18.2 Å². The average Bonchev–Trinajstić information content (AvgIpc) is 3.00. The maximum atomic E-state index is 12.3. The average molecular weight is 366 g/mol. The molecule has 1 aromatic carbocycles. The molecule has 3 N–H and O–H groups in total. The van der Waals surface area contributed by atoms with Gasteiger partial charge in [0.2, 0.25) is 5.91 Å². The van der Waals surface area contributed by atoms with Crippen LogP contribution in [0.4, 0.5) is 0 Å². The summed E-state index contributed by atoms with van der Waals surface area (Å²) in [7, 11) is 0. The van der Waals surface area contributed by atoms with Crippen LogP contribution in [0.1, 0.15) is 43.5 Å². The highest BCUT2D eigenvalue weighted by Crippen LogP contribution is 2.27. The van der Waals surface area contributed by atoms with Gasteiger partial charge in [0.15, 0.2) is 0 Å². The van der Waals surface area contributed by atoms with Gasteiger partial charge in [0.25, 0.3) is 0 Å². The SMILES string of the molecule is NCC(NC(=O)CCc1nc2ccc(Cl)cc2s1)C1CCCCC1. The monoisotopic (exact) mass is 365 g/mol. The van der Waals surface area contributed by atoms with Crippen LogP contribution in [0.15, 0.2) is 18.2 Å². The van der Waals surface area contributed by atoms with Crippen LogP contribution in [0.2, 0.25) is 5.02 Å². The smallest absolute Gasteiger partial charge is 0.220 e. The molecule has 2 aromatic rings. The van der Waals surface area contributed by atoms with Gasteiger partial charge in [0.1, 0.15) is 0 Å². The number of nitrogens with zero attached hydrogens (tertiary/aromatic N) is 1. The molecule has 0 spiro atoms. The van der Waals surface area contributed by atoms with E-state index in [-0.39, 0.29) is 11.9 Å². The molecule has 24 heavy (non-hydrogen) atoms. The summed E-state index contributed by atoms with van der Waals surface area (Å²) in [6, 6.07) is 5.81. The van der Waals surface area contributed by atoms with Crippen molar-refractivity contribution >= 4 is 39.1 Å². The van der Waals surface area contributed by atoms with E-state index in [2.05, 4.69) is 10.3 Å². The summed E-state index contributed by atoms with van der Waals surface area (Å²) >= 11 is 7.61. The van der Waals surface area contributed by atoms with Gasteiger partial charge in [-0.15, -0.1) is 11.3 Å². The lowest BCUT2D eigenvalue weighted by Crippen LogP contribution is -2.45. The van der Waals surface area contributed by atoms with Gasteiger partial charge in [-0.05, 0) is 37.0 Å². The first-order valence-electron chi connectivity index (χ1n) is 8.70. The van der Waals surface area contributed by atoms with Gasteiger partial charge in [-0.2, -0.15) is 0 Å². The Balaban J connectivity index is 1.53. The number of rotatable bonds is 6. The molecule has 1 aliphatic rings. The number of aryl methyl sites for hydroxylation is 1. The lowest BCUT2D eigenvalue weighted by Gasteiger charge is -2.30. The molecule has 1 heterocycles. The van der Waals surface area contributed by atoms with Crippen LogP contribution in [0.5, 0.6) is 0 Å². The maximum absolute atomic E-state index is 12.3. The molecule has 130 valence electrons. The second-order valence-electron chi connectivity index (χ2n) is 6.53. The normalized spacial score (nSPS) is 17.1. The largest absolute Gasteiger partial charge is 0.352 e. The second kappa shape index (κ2) is 8.28. The lowest BCUT2D eigenvalue weighted by atomic mass is 9.84. The van der Waals surface area contributed by atoms with Crippen molar-refractivity contribution in [1.29, 1.82) is 0 Å². The number of halogens is 1. The number of benzene rings is 1. The Bertz CT molecular complexity index is 697. The molecule has 1 atom stereocenters. The summed E-state index contributed by atoms with van der Waals surface area (Å²) < 4.78 is 1.07. The quantitative estimate of drug-likeness (QED) is 0.815. The molecule has 1 fully saturated rings. The molecular formula is C18H24ClN3OS. The predicted molar refractivity (Wildman–Crippen MR) is 101 cm³/mol. The van der Waals surface area contributed by atoms with Crippen molar-refractivity contribution in [2.24, 2.45) is 11.7 Å². The van der Waals surface area contributed by atoms with E-state index in [4.69, 9.17) is 17.3 Å². The van der Waals surface area contributed by atoms with Crippen LogP contribution in [-0.2, 0) is 11.2 Å². The standard InChI is InChI=1S/C18H24ClN3OS/c19-13-6-7-14-16(10-13)24-18(22-14)9-8-17(23)21-15(11-20)12-4-2-1-3-5-12/h6-7,10,12,15H,1-5,8-9,11,20H2,(H,21,23). The first-order chi connectivity index (χ1) is 11.7. The highest BCUT2D eigenvalue weighted by molar-refractivity contribution is 7.18. The first-order valence-corrected chi connectivity index (χ1v) is 9.89. The van der Waals surface area contributed by atoms with Crippen LogP contribution < -0.4 is 11.1 Å². The fourth-order valence-electron chi connectivity index (χ4n) is 3.46. The molecule has 0 radical (unpaired) electrons. The van der Waals surface area contributed by atoms with Crippen LogP contribution >= 0.6 is 22.9 Å². The summed E-state index contributed by atoms with van der Waals surface area (Å²) in [6.07, 6.45) is 7.29. The third kappa shape index (κ3) is 4.47. The molecule has 1 aromatic heterocycles. The zero-order chi connectivity index (χ0) is 16.9. The predicted octanol–water partition coefficient (Wildman–Crippen LogP) is 3.91. The van der Waals surface area contributed by atoms with E-state index in [1.54, 1.807) is 11.3 Å². The number of hydrogen-bond donors (Lipinski definition) is 2. The van der Waals surface area contributed by atoms with Gasteiger partial charge >= 0.3 is 0 Å². The van der Waals surface area contributed by atoms with E-state index >= 15 is 0 Å². The van der Waals surface area contributed by atoms with Gasteiger partial charge in [-0.1, -0.05) is 30.9 Å². The topological polar surface area (TPSA) is 68.0 Å². The van der Waals surface area contributed by atoms with Gasteiger partial charge in [-0.25, -0.2) is 4.98 Å². The Labute approximate surface area is 151 Å². The van der Waals surface area contributed by atoms with Crippen LogP contribution in [-0.4, -0.2) is 23.5 Å². The number of thiazole rings is 1. The van der Waals surface area contributed by atoms with Crippen molar-refractivity contribution in [2.75, 3.05) is 6.54 Å². The summed E-state index contributed by atoms with van der Waals surface area (Å²) in [5, 5.41) is 4.83. The van der Waals surface area contributed by atoms with E-state index < -0.39 is 0 Å².